The molecule has 2 aromatic carbocycles. The van der Waals surface area contributed by atoms with E-state index >= 15 is 0 Å². The second-order valence-electron chi connectivity index (χ2n) is 6.34. The molecule has 7 nitrogen and oxygen atoms in total. The third-order valence-electron chi connectivity index (χ3n) is 4.12. The van der Waals surface area contributed by atoms with Gasteiger partial charge in [0, 0.05) is 37.5 Å². The molecule has 0 radical (unpaired) electrons. The Bertz CT molecular complexity index is 819. The Hall–Kier alpha value is -3.22. The van der Waals surface area contributed by atoms with Gasteiger partial charge in [-0.05, 0) is 43.2 Å². The molecule has 2 rings (SSSR count). The summed E-state index contributed by atoms with van der Waals surface area (Å²) in [6, 6.07) is 13.4. The van der Waals surface area contributed by atoms with Gasteiger partial charge >= 0.3 is 0 Å². The molecular formula is C22H30N4O3. The quantitative estimate of drug-likeness (QED) is 0.439. The number of carbonyl (C=O) groups excluding carboxylic acids is 1. The molecule has 0 atom stereocenters. The monoisotopic (exact) mass is 398 g/mol. The van der Waals surface area contributed by atoms with Crippen LogP contribution in [0.2, 0.25) is 0 Å². The van der Waals surface area contributed by atoms with E-state index in [0.717, 1.165) is 23.4 Å². The number of methoxy groups -OCH3 is 1. The van der Waals surface area contributed by atoms with Crippen molar-refractivity contribution in [1.29, 1.82) is 0 Å². The number of nitrogens with one attached hydrogen (secondary N) is 3. The normalized spacial score (nSPS) is 11.0. The largest absolute Gasteiger partial charge is 0.493 e. The van der Waals surface area contributed by atoms with Crippen molar-refractivity contribution in [2.75, 3.05) is 31.4 Å². The van der Waals surface area contributed by atoms with E-state index in [4.69, 9.17) is 9.47 Å². The smallest absolute Gasteiger partial charge is 0.224 e. The molecule has 3 N–H and O–H groups in total. The maximum Gasteiger partial charge on any atom is 0.224 e. The molecule has 0 saturated carbocycles. The van der Waals surface area contributed by atoms with Crippen molar-refractivity contribution in [3.05, 3.63) is 48.0 Å². The van der Waals surface area contributed by atoms with Crippen LogP contribution in [0.1, 0.15) is 32.3 Å². The van der Waals surface area contributed by atoms with Crippen molar-refractivity contribution < 1.29 is 14.3 Å². The van der Waals surface area contributed by atoms with E-state index in [1.54, 1.807) is 14.2 Å². The fourth-order valence-electron chi connectivity index (χ4n) is 2.68. The minimum absolute atomic E-state index is 0.0360. The Morgan fingerprint density at radius 2 is 1.72 bits per heavy atom. The van der Waals surface area contributed by atoms with E-state index in [0.29, 0.717) is 37.0 Å². The molecule has 0 heterocycles. The van der Waals surface area contributed by atoms with Crippen LogP contribution < -0.4 is 25.4 Å². The minimum Gasteiger partial charge on any atom is -0.493 e. The zero-order valence-corrected chi connectivity index (χ0v) is 17.5. The summed E-state index contributed by atoms with van der Waals surface area (Å²) in [4.78, 5) is 15.9. The average molecular weight is 399 g/mol. The fourth-order valence-corrected chi connectivity index (χ4v) is 2.68. The highest BCUT2D eigenvalue weighted by Crippen LogP contribution is 2.30. The second-order valence-corrected chi connectivity index (χ2v) is 6.34. The molecule has 29 heavy (non-hydrogen) atoms. The standard InChI is InChI=1S/C22H30N4O3/c1-5-7-21(27)25-17-10-8-16(9-11-17)15-24-22(23-3)26-18-12-13-19(28-4)20(14-18)29-6-2/h8-14H,5-7,15H2,1-4H3,(H,25,27)(H2,23,24,26). The number of rotatable bonds is 9. The Labute approximate surface area is 172 Å². The van der Waals surface area contributed by atoms with Crippen LogP contribution in [0.5, 0.6) is 11.5 Å². The molecule has 0 aromatic heterocycles. The van der Waals surface area contributed by atoms with Crippen molar-refractivity contribution >= 4 is 23.2 Å². The fraction of sp³-hybridized carbons (Fsp3) is 0.364. The van der Waals surface area contributed by atoms with E-state index < -0.39 is 0 Å². The second kappa shape index (κ2) is 11.6. The number of amides is 1. The summed E-state index contributed by atoms with van der Waals surface area (Å²) in [5.41, 5.74) is 2.72. The van der Waals surface area contributed by atoms with Gasteiger partial charge < -0.3 is 25.4 Å². The van der Waals surface area contributed by atoms with Gasteiger partial charge in [-0.3, -0.25) is 9.79 Å². The van der Waals surface area contributed by atoms with Crippen molar-refractivity contribution in [3.8, 4) is 11.5 Å². The first-order valence-electron chi connectivity index (χ1n) is 9.76. The Morgan fingerprint density at radius 1 is 1.00 bits per heavy atom. The SMILES string of the molecule is CCCC(=O)Nc1ccc(CNC(=NC)Nc2ccc(OC)c(OCC)c2)cc1. The van der Waals surface area contributed by atoms with Crippen molar-refractivity contribution in [2.24, 2.45) is 4.99 Å². The van der Waals surface area contributed by atoms with Crippen molar-refractivity contribution in [1.82, 2.24) is 5.32 Å². The summed E-state index contributed by atoms with van der Waals surface area (Å²) in [6.07, 6.45) is 1.36. The van der Waals surface area contributed by atoms with E-state index in [-0.39, 0.29) is 5.91 Å². The molecule has 156 valence electrons. The summed E-state index contributed by atoms with van der Waals surface area (Å²) in [6.45, 7) is 5.07. The molecule has 0 saturated heterocycles. The number of ether oxygens (including phenoxy) is 2. The van der Waals surface area contributed by atoms with Crippen LogP contribution >= 0.6 is 0 Å². The van der Waals surface area contributed by atoms with Gasteiger partial charge in [-0.2, -0.15) is 0 Å². The van der Waals surface area contributed by atoms with E-state index in [1.807, 2.05) is 56.3 Å². The van der Waals surface area contributed by atoms with Gasteiger partial charge in [0.15, 0.2) is 17.5 Å². The molecule has 0 aliphatic carbocycles. The predicted octanol–water partition coefficient (Wildman–Crippen LogP) is 4.02. The molecule has 0 aliphatic rings. The average Bonchev–Trinajstić information content (AvgIpc) is 2.73. The molecular weight excluding hydrogens is 368 g/mol. The minimum atomic E-state index is 0.0360. The van der Waals surface area contributed by atoms with Crippen LogP contribution in [0, 0.1) is 0 Å². The molecule has 0 bridgehead atoms. The third-order valence-corrected chi connectivity index (χ3v) is 4.12. The maximum atomic E-state index is 11.7. The first kappa shape index (κ1) is 22.1. The van der Waals surface area contributed by atoms with Gasteiger partial charge in [-0.1, -0.05) is 19.1 Å². The molecule has 7 heteroatoms. The number of hydrogen-bond donors (Lipinski definition) is 3. The van der Waals surface area contributed by atoms with Gasteiger partial charge in [0.25, 0.3) is 0 Å². The van der Waals surface area contributed by atoms with Gasteiger partial charge in [-0.15, -0.1) is 0 Å². The maximum absolute atomic E-state index is 11.7. The third kappa shape index (κ3) is 7.03. The number of guanidine groups is 1. The van der Waals surface area contributed by atoms with Gasteiger partial charge in [0.1, 0.15) is 0 Å². The number of nitrogens with zero attached hydrogens (tertiary/aromatic N) is 1. The summed E-state index contributed by atoms with van der Waals surface area (Å²) in [7, 11) is 3.33. The summed E-state index contributed by atoms with van der Waals surface area (Å²) >= 11 is 0. The van der Waals surface area contributed by atoms with Crippen LogP contribution in [-0.2, 0) is 11.3 Å². The first-order valence-corrected chi connectivity index (χ1v) is 9.76. The Balaban J connectivity index is 1.94. The summed E-state index contributed by atoms with van der Waals surface area (Å²) in [5, 5.41) is 9.41. The Kier molecular flexibility index (Phi) is 8.82. The lowest BCUT2D eigenvalue weighted by Crippen LogP contribution is -2.30. The van der Waals surface area contributed by atoms with Gasteiger partial charge in [0.2, 0.25) is 5.91 Å². The zero-order chi connectivity index (χ0) is 21.1. The van der Waals surface area contributed by atoms with Gasteiger partial charge in [-0.25, -0.2) is 0 Å². The molecule has 0 aliphatic heterocycles. The van der Waals surface area contributed by atoms with Gasteiger partial charge in [0.05, 0.1) is 13.7 Å². The molecule has 0 unspecified atom stereocenters. The highest BCUT2D eigenvalue weighted by molar-refractivity contribution is 5.94. The number of hydrogen-bond acceptors (Lipinski definition) is 4. The number of anilines is 2. The lowest BCUT2D eigenvalue weighted by atomic mass is 10.2. The van der Waals surface area contributed by atoms with E-state index in [1.165, 1.54) is 0 Å². The highest BCUT2D eigenvalue weighted by atomic mass is 16.5. The summed E-state index contributed by atoms with van der Waals surface area (Å²) in [5.74, 6) is 2.04. The van der Waals surface area contributed by atoms with Crippen molar-refractivity contribution in [2.45, 2.75) is 33.2 Å². The molecule has 0 fully saturated rings. The van der Waals surface area contributed by atoms with Crippen LogP contribution in [0.15, 0.2) is 47.5 Å². The highest BCUT2D eigenvalue weighted by Gasteiger charge is 2.07. The predicted molar refractivity (Wildman–Crippen MR) is 118 cm³/mol. The van der Waals surface area contributed by atoms with Crippen LogP contribution in [0.25, 0.3) is 0 Å². The van der Waals surface area contributed by atoms with Crippen LogP contribution in [0.3, 0.4) is 0 Å². The van der Waals surface area contributed by atoms with E-state index in [9.17, 15) is 4.79 Å². The number of carbonyl (C=O) groups is 1. The lowest BCUT2D eigenvalue weighted by molar-refractivity contribution is -0.116. The molecule has 0 spiro atoms. The molecule has 2 aromatic rings. The first-order chi connectivity index (χ1) is 14.1. The van der Waals surface area contributed by atoms with E-state index in [2.05, 4.69) is 20.9 Å². The topological polar surface area (TPSA) is 84.0 Å². The number of benzene rings is 2. The number of aliphatic imine (C=N–C) groups is 1. The lowest BCUT2D eigenvalue weighted by Gasteiger charge is -2.15. The van der Waals surface area contributed by atoms with Crippen molar-refractivity contribution in [3.63, 3.8) is 0 Å². The summed E-state index contributed by atoms with van der Waals surface area (Å²) < 4.78 is 10.9. The zero-order valence-electron chi connectivity index (χ0n) is 17.5. The Morgan fingerprint density at radius 3 is 2.34 bits per heavy atom. The van der Waals surface area contributed by atoms with Crippen LogP contribution in [0.4, 0.5) is 11.4 Å². The molecule has 1 amide bonds. The van der Waals surface area contributed by atoms with Crippen LogP contribution in [-0.4, -0.2) is 32.6 Å².